The van der Waals surface area contributed by atoms with Crippen LogP contribution >= 0.6 is 23.8 Å². The van der Waals surface area contributed by atoms with Gasteiger partial charge in [0.05, 0.1) is 5.52 Å². The third kappa shape index (κ3) is 1.62. The lowest BCUT2D eigenvalue weighted by Gasteiger charge is -2.13. The summed E-state index contributed by atoms with van der Waals surface area (Å²) in [6.45, 7) is 1.99. The number of nitrogens with two attached hydrogens (primary N) is 1. The number of hydrogen-bond donors (Lipinski definition) is 1. The van der Waals surface area contributed by atoms with E-state index in [1.807, 2.05) is 19.1 Å². The average Bonchev–Trinajstić information content (AvgIpc) is 2.79. The van der Waals surface area contributed by atoms with Crippen LogP contribution in [0.25, 0.3) is 10.9 Å². The molecular formula is C14H13ClN2S. The number of halogens is 1. The minimum atomic E-state index is 0.460. The predicted molar refractivity (Wildman–Crippen MR) is 79.4 cm³/mol. The van der Waals surface area contributed by atoms with Gasteiger partial charge in [0, 0.05) is 21.7 Å². The third-order valence-electron chi connectivity index (χ3n) is 3.62. The molecule has 3 rings (SSSR count). The van der Waals surface area contributed by atoms with Crippen LogP contribution in [-0.4, -0.2) is 9.97 Å². The maximum Gasteiger partial charge on any atom is 0.105 e. The maximum atomic E-state index is 6.17. The van der Waals surface area contributed by atoms with Gasteiger partial charge in [-0.25, -0.2) is 0 Å². The van der Waals surface area contributed by atoms with Gasteiger partial charge in [0.2, 0.25) is 0 Å². The van der Waals surface area contributed by atoms with E-state index in [0.29, 0.717) is 4.99 Å². The molecule has 4 heteroatoms. The highest BCUT2D eigenvalue weighted by Gasteiger charge is 2.21. The normalized spacial score (nSPS) is 13.9. The summed E-state index contributed by atoms with van der Waals surface area (Å²) in [5.41, 5.74) is 11.2. The number of thiocarbonyl (C=S) groups is 1. The molecule has 1 aromatic heterocycles. The van der Waals surface area contributed by atoms with Crippen LogP contribution in [0.2, 0.25) is 5.02 Å². The van der Waals surface area contributed by atoms with Crippen molar-refractivity contribution < 1.29 is 0 Å². The van der Waals surface area contributed by atoms with E-state index >= 15 is 0 Å². The summed E-state index contributed by atoms with van der Waals surface area (Å²) in [4.78, 5) is 5.22. The quantitative estimate of drug-likeness (QED) is 0.812. The van der Waals surface area contributed by atoms with Gasteiger partial charge in [-0.05, 0) is 43.4 Å². The van der Waals surface area contributed by atoms with E-state index < -0.39 is 0 Å². The monoisotopic (exact) mass is 276 g/mol. The summed E-state index contributed by atoms with van der Waals surface area (Å²) < 4.78 is 0. The summed E-state index contributed by atoms with van der Waals surface area (Å²) in [5, 5.41) is 1.77. The van der Waals surface area contributed by atoms with Crippen molar-refractivity contribution in [1.29, 1.82) is 0 Å². The van der Waals surface area contributed by atoms with Crippen LogP contribution in [0.5, 0.6) is 0 Å². The number of pyridine rings is 1. The Morgan fingerprint density at radius 2 is 2.17 bits per heavy atom. The highest BCUT2D eigenvalue weighted by molar-refractivity contribution is 7.80. The van der Waals surface area contributed by atoms with Crippen molar-refractivity contribution in [2.75, 3.05) is 0 Å². The maximum absolute atomic E-state index is 6.17. The molecule has 1 aromatic carbocycles. The van der Waals surface area contributed by atoms with Gasteiger partial charge < -0.3 is 5.73 Å². The Morgan fingerprint density at radius 3 is 2.89 bits per heavy atom. The average molecular weight is 277 g/mol. The number of nitrogens with zero attached hydrogens (tertiary/aromatic N) is 1. The van der Waals surface area contributed by atoms with Gasteiger partial charge in [-0.1, -0.05) is 29.9 Å². The van der Waals surface area contributed by atoms with Crippen molar-refractivity contribution in [3.63, 3.8) is 0 Å². The molecule has 1 heterocycles. The van der Waals surface area contributed by atoms with E-state index in [2.05, 4.69) is 0 Å². The molecule has 0 radical (unpaired) electrons. The Bertz CT molecular complexity index is 679. The fourth-order valence-corrected chi connectivity index (χ4v) is 3.11. The van der Waals surface area contributed by atoms with Gasteiger partial charge in [0.15, 0.2) is 0 Å². The van der Waals surface area contributed by atoms with Crippen molar-refractivity contribution >= 4 is 39.7 Å². The second-order valence-electron chi connectivity index (χ2n) is 4.70. The highest BCUT2D eigenvalue weighted by Crippen LogP contribution is 2.33. The van der Waals surface area contributed by atoms with Crippen molar-refractivity contribution in [2.45, 2.75) is 26.2 Å². The van der Waals surface area contributed by atoms with Crippen molar-refractivity contribution in [3.8, 4) is 0 Å². The number of benzene rings is 1. The fourth-order valence-electron chi connectivity index (χ4n) is 2.72. The van der Waals surface area contributed by atoms with E-state index in [9.17, 15) is 0 Å². The predicted octanol–water partition coefficient (Wildman–Crippen LogP) is 3.32. The van der Waals surface area contributed by atoms with Crippen LogP contribution in [0.1, 0.15) is 28.8 Å². The molecule has 0 bridgehead atoms. The zero-order chi connectivity index (χ0) is 12.9. The Kier molecular flexibility index (Phi) is 2.76. The van der Waals surface area contributed by atoms with E-state index in [4.69, 9.17) is 34.5 Å². The first-order valence-electron chi connectivity index (χ1n) is 6.00. The van der Waals surface area contributed by atoms with Gasteiger partial charge in [-0.3, -0.25) is 4.98 Å². The van der Waals surface area contributed by atoms with E-state index in [0.717, 1.165) is 52.0 Å². The third-order valence-corrected chi connectivity index (χ3v) is 4.23. The molecule has 0 unspecified atom stereocenters. The van der Waals surface area contributed by atoms with E-state index in [1.54, 1.807) is 0 Å². The van der Waals surface area contributed by atoms with Crippen molar-refractivity contribution in [2.24, 2.45) is 5.73 Å². The molecule has 0 fully saturated rings. The lowest BCUT2D eigenvalue weighted by atomic mass is 9.99. The molecule has 2 nitrogen and oxygen atoms in total. The summed E-state index contributed by atoms with van der Waals surface area (Å²) in [5.74, 6) is 0. The summed E-state index contributed by atoms with van der Waals surface area (Å²) in [6, 6.07) is 3.87. The molecule has 1 aliphatic rings. The summed E-state index contributed by atoms with van der Waals surface area (Å²) in [7, 11) is 0. The van der Waals surface area contributed by atoms with Gasteiger partial charge in [0.25, 0.3) is 0 Å². The minimum absolute atomic E-state index is 0.460. The van der Waals surface area contributed by atoms with Crippen LogP contribution in [-0.2, 0) is 12.8 Å². The molecule has 18 heavy (non-hydrogen) atoms. The fraction of sp³-hybridized carbons (Fsp3) is 0.286. The minimum Gasteiger partial charge on any atom is -0.389 e. The second kappa shape index (κ2) is 4.18. The summed E-state index contributed by atoms with van der Waals surface area (Å²) >= 11 is 11.4. The van der Waals surface area contributed by atoms with E-state index in [-0.39, 0.29) is 0 Å². The van der Waals surface area contributed by atoms with Gasteiger partial charge >= 0.3 is 0 Å². The standard InChI is InChI=1S/C14H13ClN2S/c1-7-10(15)6-5-9-12(14(16)18)8-3-2-4-11(8)17-13(7)9/h5-6H,2-4H2,1H3,(H2,16,18). The van der Waals surface area contributed by atoms with Gasteiger partial charge in [-0.15, -0.1) is 0 Å². The number of aromatic nitrogens is 1. The lowest BCUT2D eigenvalue weighted by molar-refractivity contribution is 0.901. The lowest BCUT2D eigenvalue weighted by Crippen LogP contribution is -2.14. The molecule has 0 saturated carbocycles. The van der Waals surface area contributed by atoms with E-state index in [1.165, 1.54) is 5.56 Å². The Labute approximate surface area is 116 Å². The number of hydrogen-bond acceptors (Lipinski definition) is 2. The first-order chi connectivity index (χ1) is 8.59. The first-order valence-corrected chi connectivity index (χ1v) is 6.78. The number of rotatable bonds is 1. The molecule has 0 spiro atoms. The second-order valence-corrected chi connectivity index (χ2v) is 5.55. The molecule has 0 aliphatic heterocycles. The number of fused-ring (bicyclic) bond motifs is 2. The highest BCUT2D eigenvalue weighted by atomic mass is 35.5. The van der Waals surface area contributed by atoms with Crippen LogP contribution < -0.4 is 5.73 Å². The van der Waals surface area contributed by atoms with Crippen molar-refractivity contribution in [1.82, 2.24) is 4.98 Å². The zero-order valence-electron chi connectivity index (χ0n) is 10.1. The molecule has 1 aliphatic carbocycles. The molecule has 0 amide bonds. The zero-order valence-corrected chi connectivity index (χ0v) is 11.7. The molecule has 0 atom stereocenters. The van der Waals surface area contributed by atoms with Crippen LogP contribution in [0, 0.1) is 6.92 Å². The molecule has 2 aromatic rings. The first kappa shape index (κ1) is 11.9. The largest absolute Gasteiger partial charge is 0.389 e. The molecule has 0 saturated heterocycles. The SMILES string of the molecule is Cc1c(Cl)ccc2c(C(N)=S)c3c(nc12)CCC3. The van der Waals surface area contributed by atoms with Crippen LogP contribution in [0.4, 0.5) is 0 Å². The molecule has 92 valence electrons. The Morgan fingerprint density at radius 1 is 1.39 bits per heavy atom. The number of aryl methyl sites for hydroxylation is 2. The Hall–Kier alpha value is -1.19. The van der Waals surface area contributed by atoms with Gasteiger partial charge in [-0.2, -0.15) is 0 Å². The molecule has 2 N–H and O–H groups in total. The topological polar surface area (TPSA) is 38.9 Å². The molecular weight excluding hydrogens is 264 g/mol. The smallest absolute Gasteiger partial charge is 0.105 e. The van der Waals surface area contributed by atoms with Crippen LogP contribution in [0.3, 0.4) is 0 Å². The Balaban J connectivity index is 2.49. The summed E-state index contributed by atoms with van der Waals surface area (Å²) in [6.07, 6.45) is 3.15. The van der Waals surface area contributed by atoms with Crippen LogP contribution in [0.15, 0.2) is 12.1 Å². The van der Waals surface area contributed by atoms with Crippen molar-refractivity contribution in [3.05, 3.63) is 39.5 Å². The van der Waals surface area contributed by atoms with Gasteiger partial charge in [0.1, 0.15) is 4.99 Å².